The van der Waals surface area contributed by atoms with Gasteiger partial charge < -0.3 is 10.4 Å². The van der Waals surface area contributed by atoms with E-state index in [2.05, 4.69) is 5.32 Å². The van der Waals surface area contributed by atoms with Gasteiger partial charge in [0.05, 0.1) is 0 Å². The van der Waals surface area contributed by atoms with E-state index in [4.69, 9.17) is 5.11 Å². The van der Waals surface area contributed by atoms with Gasteiger partial charge in [0, 0.05) is 17.3 Å². The van der Waals surface area contributed by atoms with Crippen molar-refractivity contribution in [1.29, 1.82) is 0 Å². The van der Waals surface area contributed by atoms with Gasteiger partial charge in [-0.1, -0.05) is 24.3 Å². The van der Waals surface area contributed by atoms with Crippen LogP contribution in [0, 0.1) is 0 Å². The predicted molar refractivity (Wildman–Crippen MR) is 63.4 cm³/mol. The van der Waals surface area contributed by atoms with Crippen LogP contribution in [0.2, 0.25) is 0 Å². The molecule has 3 nitrogen and oxygen atoms in total. The minimum atomic E-state index is -0.792. The molecule has 0 bridgehead atoms. The maximum absolute atomic E-state index is 10.9. The number of carbonyl (C=O) groups is 1. The Labute approximate surface area is 94.8 Å². The second kappa shape index (κ2) is 4.84. The van der Waals surface area contributed by atoms with E-state index in [0.717, 1.165) is 18.5 Å². The summed E-state index contributed by atoms with van der Waals surface area (Å²) >= 11 is 0. The number of carboxylic acids is 1. The Morgan fingerprint density at radius 2 is 2.06 bits per heavy atom. The summed E-state index contributed by atoms with van der Waals surface area (Å²) in [5.74, 6) is -0.792. The van der Waals surface area contributed by atoms with E-state index in [-0.39, 0.29) is 6.04 Å². The molecule has 0 saturated carbocycles. The van der Waals surface area contributed by atoms with Gasteiger partial charge in [0.1, 0.15) is 0 Å². The first-order valence-corrected chi connectivity index (χ1v) is 5.51. The third kappa shape index (κ3) is 2.63. The molecule has 1 atom stereocenters. The number of aliphatic carboxylic acids is 1. The normalized spacial score (nSPS) is 20.0. The first-order chi connectivity index (χ1) is 7.75. The van der Waals surface area contributed by atoms with E-state index in [1.807, 2.05) is 36.4 Å². The van der Waals surface area contributed by atoms with Gasteiger partial charge in [-0.3, -0.25) is 0 Å². The van der Waals surface area contributed by atoms with Gasteiger partial charge in [-0.15, -0.1) is 0 Å². The fourth-order valence-electron chi connectivity index (χ4n) is 1.96. The molecule has 0 amide bonds. The summed E-state index contributed by atoms with van der Waals surface area (Å²) in [7, 11) is 0. The number of benzene rings is 1. The molecule has 1 unspecified atom stereocenters. The summed E-state index contributed by atoms with van der Waals surface area (Å²) < 4.78 is 0. The molecule has 0 fully saturated rings. The summed E-state index contributed by atoms with van der Waals surface area (Å²) in [4.78, 5) is 10.9. The lowest BCUT2D eigenvalue weighted by Crippen LogP contribution is -2.22. The zero-order valence-electron chi connectivity index (χ0n) is 9.02. The van der Waals surface area contributed by atoms with Crippen molar-refractivity contribution in [1.82, 2.24) is 0 Å². The van der Waals surface area contributed by atoms with Crippen molar-refractivity contribution in [3.05, 3.63) is 42.0 Å². The molecule has 0 aliphatic heterocycles. The molecule has 84 valence electrons. The Bertz CT molecular complexity index is 398. The largest absolute Gasteiger partial charge is 0.478 e. The lowest BCUT2D eigenvalue weighted by molar-refractivity contribution is -0.132. The Hall–Kier alpha value is -1.77. The minimum Gasteiger partial charge on any atom is -0.478 e. The van der Waals surface area contributed by atoms with Crippen LogP contribution in [0.3, 0.4) is 0 Å². The first-order valence-electron chi connectivity index (χ1n) is 5.51. The number of rotatable bonds is 3. The van der Waals surface area contributed by atoms with Crippen molar-refractivity contribution in [2.75, 3.05) is 5.32 Å². The lowest BCUT2D eigenvalue weighted by atomic mass is 9.95. The number of anilines is 1. The van der Waals surface area contributed by atoms with Crippen molar-refractivity contribution in [3.8, 4) is 0 Å². The molecule has 0 spiro atoms. The summed E-state index contributed by atoms with van der Waals surface area (Å²) in [6, 6.07) is 10.0. The van der Waals surface area contributed by atoms with Gasteiger partial charge >= 0.3 is 5.97 Å². The Balaban J connectivity index is 2.06. The van der Waals surface area contributed by atoms with Gasteiger partial charge in [-0.05, 0) is 31.4 Å². The van der Waals surface area contributed by atoms with Crippen molar-refractivity contribution in [3.63, 3.8) is 0 Å². The van der Waals surface area contributed by atoms with Crippen LogP contribution in [-0.4, -0.2) is 17.1 Å². The SMILES string of the molecule is O=C(O)C1=CC(Nc2ccccc2)CCC1. The van der Waals surface area contributed by atoms with Crippen LogP contribution in [0.25, 0.3) is 0 Å². The van der Waals surface area contributed by atoms with E-state index in [1.165, 1.54) is 0 Å². The first kappa shape index (κ1) is 10.7. The van der Waals surface area contributed by atoms with Gasteiger partial charge in [-0.25, -0.2) is 4.79 Å². The predicted octanol–water partition coefficient (Wildman–Crippen LogP) is 2.66. The highest BCUT2D eigenvalue weighted by Gasteiger charge is 2.17. The van der Waals surface area contributed by atoms with Crippen molar-refractivity contribution >= 4 is 11.7 Å². The smallest absolute Gasteiger partial charge is 0.331 e. The topological polar surface area (TPSA) is 49.3 Å². The Morgan fingerprint density at radius 3 is 2.75 bits per heavy atom. The van der Waals surface area contributed by atoms with E-state index >= 15 is 0 Å². The highest BCUT2D eigenvalue weighted by Crippen LogP contribution is 2.21. The molecule has 0 saturated heterocycles. The van der Waals surface area contributed by atoms with Crippen LogP contribution < -0.4 is 5.32 Å². The highest BCUT2D eigenvalue weighted by molar-refractivity contribution is 5.86. The van der Waals surface area contributed by atoms with Crippen LogP contribution in [0.1, 0.15) is 19.3 Å². The number of hydrogen-bond donors (Lipinski definition) is 2. The summed E-state index contributed by atoms with van der Waals surface area (Å²) in [5.41, 5.74) is 1.56. The van der Waals surface area contributed by atoms with Crippen LogP contribution in [0.15, 0.2) is 42.0 Å². The lowest BCUT2D eigenvalue weighted by Gasteiger charge is -2.21. The van der Waals surface area contributed by atoms with Gasteiger partial charge in [-0.2, -0.15) is 0 Å². The van der Waals surface area contributed by atoms with Crippen LogP contribution in [0.4, 0.5) is 5.69 Å². The van der Waals surface area contributed by atoms with Crippen molar-refractivity contribution in [2.24, 2.45) is 0 Å². The van der Waals surface area contributed by atoms with Gasteiger partial charge in [0.15, 0.2) is 0 Å². The molecule has 3 heteroatoms. The second-order valence-electron chi connectivity index (χ2n) is 4.01. The third-order valence-corrected chi connectivity index (χ3v) is 2.76. The van der Waals surface area contributed by atoms with Crippen LogP contribution in [0.5, 0.6) is 0 Å². The Kier molecular flexibility index (Phi) is 3.25. The molecule has 0 heterocycles. The number of carboxylic acid groups (broad SMARTS) is 1. The fourth-order valence-corrected chi connectivity index (χ4v) is 1.96. The van der Waals surface area contributed by atoms with Crippen molar-refractivity contribution in [2.45, 2.75) is 25.3 Å². The zero-order valence-corrected chi connectivity index (χ0v) is 9.02. The standard InChI is InChI=1S/C13H15NO2/c15-13(16)10-5-4-8-12(9-10)14-11-6-2-1-3-7-11/h1-3,6-7,9,12,14H,4-5,8H2,(H,15,16). The van der Waals surface area contributed by atoms with Crippen LogP contribution >= 0.6 is 0 Å². The molecule has 1 aromatic rings. The van der Waals surface area contributed by atoms with E-state index in [0.29, 0.717) is 12.0 Å². The molecule has 1 aromatic carbocycles. The molecule has 1 aliphatic rings. The van der Waals surface area contributed by atoms with E-state index in [1.54, 1.807) is 0 Å². The number of nitrogens with one attached hydrogen (secondary N) is 1. The highest BCUT2D eigenvalue weighted by atomic mass is 16.4. The van der Waals surface area contributed by atoms with Gasteiger partial charge in [0.2, 0.25) is 0 Å². The molecule has 2 N–H and O–H groups in total. The summed E-state index contributed by atoms with van der Waals surface area (Å²) in [5, 5.41) is 12.3. The average Bonchev–Trinajstić information content (AvgIpc) is 2.30. The fraction of sp³-hybridized carbons (Fsp3) is 0.308. The second-order valence-corrected chi connectivity index (χ2v) is 4.01. The molecule has 2 rings (SSSR count). The van der Waals surface area contributed by atoms with Crippen LogP contribution in [-0.2, 0) is 4.79 Å². The monoisotopic (exact) mass is 217 g/mol. The average molecular weight is 217 g/mol. The van der Waals surface area contributed by atoms with Gasteiger partial charge in [0.25, 0.3) is 0 Å². The maximum Gasteiger partial charge on any atom is 0.331 e. The Morgan fingerprint density at radius 1 is 1.31 bits per heavy atom. The quantitative estimate of drug-likeness (QED) is 0.818. The zero-order chi connectivity index (χ0) is 11.4. The maximum atomic E-state index is 10.9. The molecule has 1 aliphatic carbocycles. The molecule has 16 heavy (non-hydrogen) atoms. The molecule has 0 radical (unpaired) electrons. The summed E-state index contributed by atoms with van der Waals surface area (Å²) in [6.45, 7) is 0. The molecular weight excluding hydrogens is 202 g/mol. The number of hydrogen-bond acceptors (Lipinski definition) is 2. The van der Waals surface area contributed by atoms with Crippen molar-refractivity contribution < 1.29 is 9.90 Å². The molecular formula is C13H15NO2. The summed E-state index contributed by atoms with van der Waals surface area (Å²) in [6.07, 6.45) is 4.44. The molecule has 0 aromatic heterocycles. The minimum absolute atomic E-state index is 0.141. The van der Waals surface area contributed by atoms with E-state index in [9.17, 15) is 4.79 Å². The third-order valence-electron chi connectivity index (χ3n) is 2.76. The van der Waals surface area contributed by atoms with E-state index < -0.39 is 5.97 Å². The number of para-hydroxylation sites is 1.